The van der Waals surface area contributed by atoms with Crippen LogP contribution in [0.4, 0.5) is 0 Å². The minimum Gasteiger partial charge on any atom is -0.383 e. The molecule has 1 rings (SSSR count). The van der Waals surface area contributed by atoms with E-state index in [2.05, 4.69) is 15.6 Å². The summed E-state index contributed by atoms with van der Waals surface area (Å²) in [5, 5.41) is 7.69. The molecule has 0 saturated heterocycles. The van der Waals surface area contributed by atoms with Crippen LogP contribution in [-0.4, -0.2) is 39.8 Å². The Kier molecular flexibility index (Phi) is 7.63. The Labute approximate surface area is 124 Å². The number of rotatable bonds is 6. The van der Waals surface area contributed by atoms with Gasteiger partial charge in [0.05, 0.1) is 6.61 Å². The Morgan fingerprint density at radius 3 is 2.63 bits per heavy atom. The number of ether oxygens (including phenoxy) is 1. The Bertz CT molecular complexity index is 424. The molecular weight excluding hydrogens is 285 g/mol. The second-order valence-corrected chi connectivity index (χ2v) is 4.75. The van der Waals surface area contributed by atoms with Gasteiger partial charge >= 0.3 is 0 Å². The van der Waals surface area contributed by atoms with Gasteiger partial charge in [0.25, 0.3) is 0 Å². The molecule has 106 valence electrons. The molecule has 0 aliphatic carbocycles. The topological polar surface area (TPSA) is 45.7 Å². The maximum atomic E-state index is 6.11. The molecule has 0 atom stereocenters. The van der Waals surface area contributed by atoms with Crippen molar-refractivity contribution in [2.24, 2.45) is 4.99 Å². The molecule has 1 aromatic carbocycles. The lowest BCUT2D eigenvalue weighted by molar-refractivity contribution is 0.203. The van der Waals surface area contributed by atoms with Crippen LogP contribution in [-0.2, 0) is 11.2 Å². The van der Waals surface area contributed by atoms with Gasteiger partial charge in [0.2, 0.25) is 0 Å². The van der Waals surface area contributed by atoms with Crippen molar-refractivity contribution in [3.8, 4) is 0 Å². The highest BCUT2D eigenvalue weighted by molar-refractivity contribution is 6.35. The van der Waals surface area contributed by atoms with Crippen LogP contribution in [0, 0.1) is 0 Å². The third kappa shape index (κ3) is 6.14. The standard InChI is InChI=1S/C13H19Cl2N3O/c1-16-13(18-7-8-19-2)17-6-5-10-3-4-11(14)9-12(10)15/h3-4,9H,5-8H2,1-2H3,(H2,16,17,18). The van der Waals surface area contributed by atoms with Gasteiger partial charge in [-0.25, -0.2) is 0 Å². The first kappa shape index (κ1) is 16.1. The van der Waals surface area contributed by atoms with Gasteiger partial charge in [0.15, 0.2) is 5.96 Å². The third-order valence-electron chi connectivity index (χ3n) is 2.52. The van der Waals surface area contributed by atoms with E-state index in [4.69, 9.17) is 27.9 Å². The molecule has 0 unspecified atom stereocenters. The van der Waals surface area contributed by atoms with Crippen molar-refractivity contribution >= 4 is 29.2 Å². The van der Waals surface area contributed by atoms with Crippen LogP contribution >= 0.6 is 23.2 Å². The number of methoxy groups -OCH3 is 1. The van der Waals surface area contributed by atoms with Crippen LogP contribution in [0.3, 0.4) is 0 Å². The number of halogens is 2. The summed E-state index contributed by atoms with van der Waals surface area (Å²) >= 11 is 12.0. The van der Waals surface area contributed by atoms with Crippen LogP contribution in [0.2, 0.25) is 10.0 Å². The van der Waals surface area contributed by atoms with E-state index in [1.807, 2.05) is 12.1 Å². The molecule has 0 aromatic heterocycles. The van der Waals surface area contributed by atoms with E-state index in [0.717, 1.165) is 31.0 Å². The molecule has 0 heterocycles. The number of nitrogens with zero attached hydrogens (tertiary/aromatic N) is 1. The Hall–Kier alpha value is -0.970. The van der Waals surface area contributed by atoms with E-state index in [1.165, 1.54) is 0 Å². The first-order valence-corrected chi connectivity index (χ1v) is 6.80. The second-order valence-electron chi connectivity index (χ2n) is 3.90. The minimum absolute atomic E-state index is 0.643. The van der Waals surface area contributed by atoms with Crippen molar-refractivity contribution in [2.45, 2.75) is 6.42 Å². The molecule has 0 spiro atoms. The molecule has 4 nitrogen and oxygen atoms in total. The van der Waals surface area contributed by atoms with E-state index >= 15 is 0 Å². The summed E-state index contributed by atoms with van der Waals surface area (Å²) in [6.45, 7) is 2.11. The molecule has 0 aliphatic rings. The monoisotopic (exact) mass is 303 g/mol. The zero-order valence-corrected chi connectivity index (χ0v) is 12.7. The molecule has 0 saturated carbocycles. The lowest BCUT2D eigenvalue weighted by Gasteiger charge is -2.12. The summed E-state index contributed by atoms with van der Waals surface area (Å²) in [5.74, 6) is 0.752. The number of guanidine groups is 1. The predicted octanol–water partition coefficient (Wildman–Crippen LogP) is 2.35. The fourth-order valence-corrected chi connectivity index (χ4v) is 2.04. The van der Waals surface area contributed by atoms with Crippen molar-refractivity contribution in [3.05, 3.63) is 33.8 Å². The van der Waals surface area contributed by atoms with Crippen molar-refractivity contribution < 1.29 is 4.74 Å². The van der Waals surface area contributed by atoms with Gasteiger partial charge in [-0.15, -0.1) is 0 Å². The molecule has 0 aliphatic heterocycles. The third-order valence-corrected chi connectivity index (χ3v) is 3.11. The van der Waals surface area contributed by atoms with Crippen LogP contribution in [0.25, 0.3) is 0 Å². The lowest BCUT2D eigenvalue weighted by Crippen LogP contribution is -2.39. The van der Waals surface area contributed by atoms with Gasteiger partial charge in [-0.2, -0.15) is 0 Å². The Morgan fingerprint density at radius 1 is 1.26 bits per heavy atom. The highest BCUT2D eigenvalue weighted by atomic mass is 35.5. The van der Waals surface area contributed by atoms with E-state index in [-0.39, 0.29) is 0 Å². The van der Waals surface area contributed by atoms with Gasteiger partial charge in [-0.1, -0.05) is 29.3 Å². The van der Waals surface area contributed by atoms with Gasteiger partial charge < -0.3 is 15.4 Å². The van der Waals surface area contributed by atoms with Crippen molar-refractivity contribution in [1.29, 1.82) is 0 Å². The molecule has 0 amide bonds. The number of benzene rings is 1. The predicted molar refractivity (Wildman–Crippen MR) is 81.4 cm³/mol. The zero-order valence-electron chi connectivity index (χ0n) is 11.2. The molecule has 19 heavy (non-hydrogen) atoms. The van der Waals surface area contributed by atoms with Crippen LogP contribution in [0.5, 0.6) is 0 Å². The SMILES string of the molecule is CN=C(NCCOC)NCCc1ccc(Cl)cc1Cl. The number of hydrogen-bond acceptors (Lipinski definition) is 2. The summed E-state index contributed by atoms with van der Waals surface area (Å²) < 4.78 is 4.96. The van der Waals surface area contributed by atoms with E-state index in [1.54, 1.807) is 20.2 Å². The van der Waals surface area contributed by atoms with Gasteiger partial charge in [0, 0.05) is 37.3 Å². The van der Waals surface area contributed by atoms with Gasteiger partial charge in [-0.05, 0) is 24.1 Å². The maximum Gasteiger partial charge on any atom is 0.191 e. The van der Waals surface area contributed by atoms with E-state index in [9.17, 15) is 0 Å². The lowest BCUT2D eigenvalue weighted by atomic mass is 10.1. The molecule has 6 heteroatoms. The largest absolute Gasteiger partial charge is 0.383 e. The van der Waals surface area contributed by atoms with Crippen molar-refractivity contribution in [3.63, 3.8) is 0 Å². The molecule has 2 N–H and O–H groups in total. The quantitative estimate of drug-likeness (QED) is 0.482. The van der Waals surface area contributed by atoms with Crippen LogP contribution in [0.1, 0.15) is 5.56 Å². The summed E-state index contributed by atoms with van der Waals surface area (Å²) in [7, 11) is 3.40. The minimum atomic E-state index is 0.643. The average Bonchev–Trinajstić information content (AvgIpc) is 2.39. The van der Waals surface area contributed by atoms with Gasteiger partial charge in [0.1, 0.15) is 0 Å². The van der Waals surface area contributed by atoms with Crippen LogP contribution < -0.4 is 10.6 Å². The fourth-order valence-electron chi connectivity index (χ4n) is 1.53. The number of hydrogen-bond donors (Lipinski definition) is 2. The van der Waals surface area contributed by atoms with Gasteiger partial charge in [-0.3, -0.25) is 4.99 Å². The fraction of sp³-hybridized carbons (Fsp3) is 0.462. The van der Waals surface area contributed by atoms with Crippen molar-refractivity contribution in [2.75, 3.05) is 33.9 Å². The summed E-state index contributed by atoms with van der Waals surface area (Å²) in [4.78, 5) is 4.11. The number of nitrogens with one attached hydrogen (secondary N) is 2. The van der Waals surface area contributed by atoms with E-state index < -0.39 is 0 Å². The number of aliphatic imine (C=N–C) groups is 1. The average molecular weight is 304 g/mol. The molecule has 1 aromatic rings. The normalized spacial score (nSPS) is 11.5. The first-order chi connectivity index (χ1) is 9.17. The zero-order chi connectivity index (χ0) is 14.1. The smallest absolute Gasteiger partial charge is 0.191 e. The van der Waals surface area contributed by atoms with E-state index in [0.29, 0.717) is 16.7 Å². The summed E-state index contributed by atoms with van der Waals surface area (Å²) in [6, 6.07) is 5.53. The van der Waals surface area contributed by atoms with Crippen molar-refractivity contribution in [1.82, 2.24) is 10.6 Å². The Balaban J connectivity index is 2.36. The second kappa shape index (κ2) is 9.02. The molecule has 0 bridgehead atoms. The highest BCUT2D eigenvalue weighted by Gasteiger charge is 2.02. The molecule has 0 radical (unpaired) electrons. The molecular formula is C13H19Cl2N3O. The summed E-state index contributed by atoms with van der Waals surface area (Å²) in [5.41, 5.74) is 1.06. The summed E-state index contributed by atoms with van der Waals surface area (Å²) in [6.07, 6.45) is 0.807. The van der Waals surface area contributed by atoms with Crippen LogP contribution in [0.15, 0.2) is 23.2 Å². The Morgan fingerprint density at radius 2 is 2.00 bits per heavy atom. The highest BCUT2D eigenvalue weighted by Crippen LogP contribution is 2.20. The first-order valence-electron chi connectivity index (χ1n) is 6.04. The maximum absolute atomic E-state index is 6.11. The molecule has 0 fully saturated rings.